The first kappa shape index (κ1) is 7.61. The van der Waals surface area contributed by atoms with Crippen LogP contribution in [0.25, 0.3) is 0 Å². The number of hydrogen-bond acceptors (Lipinski definition) is 2. The van der Waals surface area contributed by atoms with Gasteiger partial charge in [-0.15, -0.1) is 0 Å². The van der Waals surface area contributed by atoms with Gasteiger partial charge in [0.1, 0.15) is 0 Å². The summed E-state index contributed by atoms with van der Waals surface area (Å²) in [4.78, 5) is 2.37. The smallest absolute Gasteiger partial charge is 0.0173 e. The van der Waals surface area contributed by atoms with Crippen LogP contribution in [0.4, 0.5) is 0 Å². The van der Waals surface area contributed by atoms with Gasteiger partial charge in [0, 0.05) is 19.6 Å². The molecular weight excluding hydrogens is 124 g/mol. The van der Waals surface area contributed by atoms with Crippen molar-refractivity contribution in [1.29, 1.82) is 0 Å². The zero-order valence-corrected chi connectivity index (χ0v) is 6.64. The van der Waals surface area contributed by atoms with Crippen molar-refractivity contribution in [2.24, 2.45) is 0 Å². The van der Waals surface area contributed by atoms with Crippen LogP contribution in [-0.4, -0.2) is 31.6 Å². The molecule has 10 heavy (non-hydrogen) atoms. The molecule has 0 radical (unpaired) electrons. The van der Waals surface area contributed by atoms with E-state index in [4.69, 9.17) is 0 Å². The molecule has 1 heterocycles. The molecule has 0 amide bonds. The molecule has 0 bridgehead atoms. The van der Waals surface area contributed by atoms with Gasteiger partial charge in [-0.1, -0.05) is 6.08 Å². The lowest BCUT2D eigenvalue weighted by molar-refractivity contribution is 0.466. The van der Waals surface area contributed by atoms with Crippen LogP contribution >= 0.6 is 0 Å². The van der Waals surface area contributed by atoms with E-state index < -0.39 is 0 Å². The summed E-state index contributed by atoms with van der Waals surface area (Å²) in [5, 5.41) is 3.08. The molecule has 0 aromatic carbocycles. The number of nitrogens with zero attached hydrogens (tertiary/aromatic N) is 1. The highest BCUT2D eigenvalue weighted by atomic mass is 15.1. The van der Waals surface area contributed by atoms with E-state index in [0.717, 1.165) is 6.54 Å². The zero-order chi connectivity index (χ0) is 7.23. The lowest BCUT2D eigenvalue weighted by Gasteiger charge is -2.09. The van der Waals surface area contributed by atoms with Crippen molar-refractivity contribution < 1.29 is 0 Å². The maximum atomic E-state index is 3.08. The first-order chi connectivity index (χ1) is 4.93. The Balaban J connectivity index is 2.10. The summed E-state index contributed by atoms with van der Waals surface area (Å²) >= 11 is 0. The van der Waals surface area contributed by atoms with Gasteiger partial charge in [-0.05, 0) is 26.1 Å². The molecule has 0 aliphatic carbocycles. The second-order valence-electron chi connectivity index (χ2n) is 2.69. The minimum Gasteiger partial charge on any atom is -0.378 e. The van der Waals surface area contributed by atoms with Crippen LogP contribution in [0.5, 0.6) is 0 Å². The van der Waals surface area contributed by atoms with Crippen molar-refractivity contribution in [3.8, 4) is 0 Å². The molecule has 0 atom stereocenters. The number of likely N-dealkylation sites (N-methyl/N-ethyl adjacent to an activating group) is 1. The minimum atomic E-state index is 0.983. The van der Waals surface area contributed by atoms with Crippen LogP contribution in [0.1, 0.15) is 12.8 Å². The largest absolute Gasteiger partial charge is 0.378 e. The Kier molecular flexibility index (Phi) is 3.30. The Hall–Kier alpha value is -0.500. The van der Waals surface area contributed by atoms with E-state index >= 15 is 0 Å². The quantitative estimate of drug-likeness (QED) is 0.624. The lowest BCUT2D eigenvalue weighted by atomic mass is 10.4. The van der Waals surface area contributed by atoms with E-state index in [1.165, 1.54) is 25.9 Å². The predicted molar refractivity (Wildman–Crippen MR) is 43.9 cm³/mol. The second-order valence-corrected chi connectivity index (χ2v) is 2.69. The highest BCUT2D eigenvalue weighted by Crippen LogP contribution is 2.06. The molecule has 2 nitrogen and oxygen atoms in total. The minimum absolute atomic E-state index is 0.983. The molecular formula is C8H16N2. The average molecular weight is 140 g/mol. The Labute approximate surface area is 62.9 Å². The van der Waals surface area contributed by atoms with E-state index in [2.05, 4.69) is 22.5 Å². The molecule has 1 N–H and O–H groups in total. The Morgan fingerprint density at radius 2 is 2.10 bits per heavy atom. The van der Waals surface area contributed by atoms with Crippen LogP contribution in [0.3, 0.4) is 0 Å². The van der Waals surface area contributed by atoms with E-state index in [1.54, 1.807) is 0 Å². The molecule has 1 aliphatic rings. The van der Waals surface area contributed by atoms with Gasteiger partial charge >= 0.3 is 0 Å². The van der Waals surface area contributed by atoms with Crippen LogP contribution < -0.4 is 5.32 Å². The first-order valence-electron chi connectivity index (χ1n) is 3.99. The summed E-state index contributed by atoms with van der Waals surface area (Å²) in [6, 6.07) is 0. The fourth-order valence-corrected chi connectivity index (χ4v) is 1.21. The lowest BCUT2D eigenvalue weighted by Crippen LogP contribution is -2.12. The highest BCUT2D eigenvalue weighted by Gasteiger charge is 2.05. The number of hydrogen-bond donors (Lipinski definition) is 1. The molecule has 58 valence electrons. The molecule has 0 aromatic heterocycles. The summed E-state index contributed by atoms with van der Waals surface area (Å²) in [7, 11) is 1.97. The maximum Gasteiger partial charge on any atom is 0.0173 e. The van der Waals surface area contributed by atoms with Gasteiger partial charge in [0.25, 0.3) is 0 Å². The summed E-state index contributed by atoms with van der Waals surface area (Å²) in [6.45, 7) is 3.48. The van der Waals surface area contributed by atoms with Gasteiger partial charge in [-0.3, -0.25) is 0 Å². The van der Waals surface area contributed by atoms with Gasteiger partial charge < -0.3 is 10.2 Å². The van der Waals surface area contributed by atoms with Crippen molar-refractivity contribution in [3.05, 3.63) is 12.3 Å². The predicted octanol–water partition coefficient (Wildman–Crippen LogP) is 0.815. The molecule has 0 aromatic rings. The van der Waals surface area contributed by atoms with E-state index in [9.17, 15) is 0 Å². The Morgan fingerprint density at radius 3 is 2.70 bits per heavy atom. The van der Waals surface area contributed by atoms with Gasteiger partial charge in [-0.25, -0.2) is 0 Å². The third-order valence-corrected chi connectivity index (χ3v) is 1.78. The Morgan fingerprint density at radius 1 is 1.40 bits per heavy atom. The van der Waals surface area contributed by atoms with Crippen LogP contribution in [0.2, 0.25) is 0 Å². The van der Waals surface area contributed by atoms with Gasteiger partial charge in [-0.2, -0.15) is 0 Å². The molecule has 0 saturated carbocycles. The first-order valence-corrected chi connectivity index (χ1v) is 3.99. The summed E-state index contributed by atoms with van der Waals surface area (Å²) < 4.78 is 0. The van der Waals surface area contributed by atoms with E-state index in [1.807, 2.05) is 7.05 Å². The normalized spacial score (nSPS) is 19.1. The third-order valence-electron chi connectivity index (χ3n) is 1.78. The zero-order valence-electron chi connectivity index (χ0n) is 6.64. The van der Waals surface area contributed by atoms with Crippen molar-refractivity contribution in [2.75, 3.05) is 26.7 Å². The molecule has 0 spiro atoms. The number of likely N-dealkylation sites (tertiary alicyclic amines) is 1. The molecule has 1 fully saturated rings. The number of nitrogens with one attached hydrogen (secondary N) is 1. The van der Waals surface area contributed by atoms with Crippen LogP contribution in [0, 0.1) is 0 Å². The van der Waals surface area contributed by atoms with Gasteiger partial charge in [0.15, 0.2) is 0 Å². The standard InChI is InChI=1S/C8H16N2/c1-9-5-4-8-10-6-2-3-7-10/h4,8-9H,2-3,5-7H2,1H3/b8-4+. The molecule has 2 heteroatoms. The summed E-state index contributed by atoms with van der Waals surface area (Å²) in [6.07, 6.45) is 7.10. The fourth-order valence-electron chi connectivity index (χ4n) is 1.21. The van der Waals surface area contributed by atoms with Crippen LogP contribution in [-0.2, 0) is 0 Å². The maximum absolute atomic E-state index is 3.08. The van der Waals surface area contributed by atoms with Crippen molar-refractivity contribution >= 4 is 0 Å². The van der Waals surface area contributed by atoms with Crippen molar-refractivity contribution in [2.45, 2.75) is 12.8 Å². The van der Waals surface area contributed by atoms with E-state index in [0.29, 0.717) is 0 Å². The van der Waals surface area contributed by atoms with Crippen molar-refractivity contribution in [3.63, 3.8) is 0 Å². The summed E-state index contributed by atoms with van der Waals surface area (Å²) in [5.74, 6) is 0. The highest BCUT2D eigenvalue weighted by molar-refractivity contribution is 4.86. The molecule has 1 rings (SSSR count). The van der Waals surface area contributed by atoms with E-state index in [-0.39, 0.29) is 0 Å². The van der Waals surface area contributed by atoms with Crippen LogP contribution in [0.15, 0.2) is 12.3 Å². The molecule has 1 aliphatic heterocycles. The second kappa shape index (κ2) is 4.34. The topological polar surface area (TPSA) is 15.3 Å². The fraction of sp³-hybridized carbons (Fsp3) is 0.750. The average Bonchev–Trinajstić information content (AvgIpc) is 2.41. The van der Waals surface area contributed by atoms with Gasteiger partial charge in [0.05, 0.1) is 0 Å². The molecule has 0 unspecified atom stereocenters. The van der Waals surface area contributed by atoms with Gasteiger partial charge in [0.2, 0.25) is 0 Å². The monoisotopic (exact) mass is 140 g/mol. The SMILES string of the molecule is CNC/C=C/N1CCCC1. The number of rotatable bonds is 3. The summed E-state index contributed by atoms with van der Waals surface area (Å²) in [5.41, 5.74) is 0. The van der Waals surface area contributed by atoms with Crippen molar-refractivity contribution in [1.82, 2.24) is 10.2 Å². The molecule has 1 saturated heterocycles. The Bertz CT molecular complexity index is 104. The third kappa shape index (κ3) is 2.40.